The highest BCUT2D eigenvalue weighted by molar-refractivity contribution is 5.81. The standard InChI is InChI=1S/C7H11FO2/c1-4(2)5-3-7(5,8)6(9)10/h4-5H,3H2,1-2H3,(H,9,10). The first-order valence-electron chi connectivity index (χ1n) is 3.41. The molecule has 1 aliphatic rings. The van der Waals surface area contributed by atoms with Gasteiger partial charge >= 0.3 is 5.97 Å². The average molecular weight is 146 g/mol. The molecule has 0 heterocycles. The summed E-state index contributed by atoms with van der Waals surface area (Å²) in [5.74, 6) is -1.42. The fraction of sp³-hybridized carbons (Fsp3) is 0.857. The number of hydrogen-bond donors (Lipinski definition) is 1. The zero-order valence-electron chi connectivity index (χ0n) is 6.10. The maximum absolute atomic E-state index is 12.9. The van der Waals surface area contributed by atoms with E-state index >= 15 is 0 Å². The van der Waals surface area contributed by atoms with Crippen molar-refractivity contribution in [2.75, 3.05) is 0 Å². The Bertz CT molecular complexity index is 167. The van der Waals surface area contributed by atoms with Crippen molar-refractivity contribution in [3.8, 4) is 0 Å². The van der Waals surface area contributed by atoms with Gasteiger partial charge in [0.1, 0.15) is 0 Å². The van der Waals surface area contributed by atoms with E-state index in [2.05, 4.69) is 0 Å². The lowest BCUT2D eigenvalue weighted by molar-refractivity contribution is -0.145. The summed E-state index contributed by atoms with van der Waals surface area (Å²) >= 11 is 0. The van der Waals surface area contributed by atoms with Crippen molar-refractivity contribution in [2.45, 2.75) is 25.9 Å². The molecule has 0 radical (unpaired) electrons. The third-order valence-electron chi connectivity index (χ3n) is 2.10. The van der Waals surface area contributed by atoms with Crippen LogP contribution in [0, 0.1) is 11.8 Å². The van der Waals surface area contributed by atoms with E-state index in [1.54, 1.807) is 0 Å². The van der Waals surface area contributed by atoms with Crippen molar-refractivity contribution < 1.29 is 14.3 Å². The molecule has 10 heavy (non-hydrogen) atoms. The van der Waals surface area contributed by atoms with Crippen LogP contribution in [0.15, 0.2) is 0 Å². The van der Waals surface area contributed by atoms with Gasteiger partial charge in [0.2, 0.25) is 5.67 Å². The first-order chi connectivity index (χ1) is 4.48. The number of rotatable bonds is 2. The minimum Gasteiger partial charge on any atom is -0.479 e. The van der Waals surface area contributed by atoms with Gasteiger partial charge in [-0.1, -0.05) is 13.8 Å². The van der Waals surface area contributed by atoms with E-state index in [0.29, 0.717) is 0 Å². The lowest BCUT2D eigenvalue weighted by Crippen LogP contribution is -2.20. The highest BCUT2D eigenvalue weighted by atomic mass is 19.1. The predicted octanol–water partition coefficient (Wildman–Crippen LogP) is 1.46. The number of carboxylic acids is 1. The number of carbonyl (C=O) groups is 1. The Hall–Kier alpha value is -0.600. The molecule has 0 bridgehead atoms. The molecule has 3 heteroatoms. The van der Waals surface area contributed by atoms with E-state index in [1.807, 2.05) is 13.8 Å². The second kappa shape index (κ2) is 1.94. The van der Waals surface area contributed by atoms with E-state index < -0.39 is 11.6 Å². The Kier molecular flexibility index (Phi) is 1.46. The molecule has 2 unspecified atom stereocenters. The zero-order chi connectivity index (χ0) is 7.94. The summed E-state index contributed by atoms with van der Waals surface area (Å²) in [6.45, 7) is 3.68. The SMILES string of the molecule is CC(C)C1CC1(F)C(=O)O. The second-order valence-corrected chi connectivity index (χ2v) is 3.22. The summed E-state index contributed by atoms with van der Waals surface area (Å²) in [6.07, 6.45) is 0.194. The minimum atomic E-state index is -1.89. The molecule has 0 amide bonds. The topological polar surface area (TPSA) is 37.3 Å². The number of hydrogen-bond acceptors (Lipinski definition) is 1. The Morgan fingerprint density at radius 2 is 2.30 bits per heavy atom. The van der Waals surface area contributed by atoms with Crippen LogP contribution in [0.4, 0.5) is 4.39 Å². The van der Waals surface area contributed by atoms with Crippen LogP contribution >= 0.6 is 0 Å². The summed E-state index contributed by atoms with van der Waals surface area (Å²) in [4.78, 5) is 10.2. The molecule has 1 saturated carbocycles. The van der Waals surface area contributed by atoms with Gasteiger partial charge in [-0.25, -0.2) is 9.18 Å². The van der Waals surface area contributed by atoms with Gasteiger partial charge in [-0.2, -0.15) is 0 Å². The van der Waals surface area contributed by atoms with Crippen LogP contribution in [0.2, 0.25) is 0 Å². The van der Waals surface area contributed by atoms with Crippen molar-refractivity contribution in [2.24, 2.45) is 11.8 Å². The van der Waals surface area contributed by atoms with Gasteiger partial charge in [0, 0.05) is 5.92 Å². The Morgan fingerprint density at radius 1 is 1.80 bits per heavy atom. The summed E-state index contributed by atoms with van der Waals surface area (Å²) in [5, 5.41) is 8.36. The van der Waals surface area contributed by atoms with Gasteiger partial charge in [0.15, 0.2) is 0 Å². The van der Waals surface area contributed by atoms with E-state index in [4.69, 9.17) is 5.11 Å². The molecule has 58 valence electrons. The molecule has 0 aliphatic heterocycles. The van der Waals surface area contributed by atoms with E-state index in [-0.39, 0.29) is 18.3 Å². The first kappa shape index (κ1) is 7.51. The van der Waals surface area contributed by atoms with Gasteiger partial charge in [0.25, 0.3) is 0 Å². The highest BCUT2D eigenvalue weighted by Gasteiger charge is 2.62. The molecule has 0 saturated heterocycles. The molecule has 1 N–H and O–H groups in total. The van der Waals surface area contributed by atoms with Crippen LogP contribution in [0.3, 0.4) is 0 Å². The van der Waals surface area contributed by atoms with Crippen LogP contribution in [0.5, 0.6) is 0 Å². The van der Waals surface area contributed by atoms with E-state index in [9.17, 15) is 9.18 Å². The van der Waals surface area contributed by atoms with Crippen LogP contribution in [-0.4, -0.2) is 16.7 Å². The Labute approximate surface area is 59.0 Å². The van der Waals surface area contributed by atoms with Crippen LogP contribution < -0.4 is 0 Å². The van der Waals surface area contributed by atoms with Gasteiger partial charge in [-0.05, 0) is 12.3 Å². The smallest absolute Gasteiger partial charge is 0.341 e. The fourth-order valence-electron chi connectivity index (χ4n) is 1.27. The lowest BCUT2D eigenvalue weighted by atomic mass is 10.1. The molecule has 1 aliphatic carbocycles. The maximum atomic E-state index is 12.9. The molecule has 2 nitrogen and oxygen atoms in total. The molecular weight excluding hydrogens is 135 g/mol. The third kappa shape index (κ3) is 0.895. The van der Waals surface area contributed by atoms with Crippen molar-refractivity contribution in [3.05, 3.63) is 0 Å². The zero-order valence-corrected chi connectivity index (χ0v) is 6.10. The molecule has 1 fully saturated rings. The summed E-state index contributed by atoms with van der Waals surface area (Å²) < 4.78 is 12.9. The lowest BCUT2D eigenvalue weighted by Gasteiger charge is -2.03. The number of halogens is 1. The summed E-state index contributed by atoms with van der Waals surface area (Å²) in [5.41, 5.74) is -1.89. The van der Waals surface area contributed by atoms with E-state index in [0.717, 1.165) is 0 Å². The van der Waals surface area contributed by atoms with Crippen molar-refractivity contribution in [1.29, 1.82) is 0 Å². The molecule has 0 aromatic heterocycles. The molecule has 1 rings (SSSR count). The van der Waals surface area contributed by atoms with Crippen LogP contribution in [-0.2, 0) is 4.79 Å². The first-order valence-corrected chi connectivity index (χ1v) is 3.41. The molecule has 0 aromatic rings. The van der Waals surface area contributed by atoms with Crippen molar-refractivity contribution in [3.63, 3.8) is 0 Å². The maximum Gasteiger partial charge on any atom is 0.341 e. The number of carboxylic acid groups (broad SMARTS) is 1. The molecule has 0 spiro atoms. The van der Waals surface area contributed by atoms with Crippen molar-refractivity contribution >= 4 is 5.97 Å². The third-order valence-corrected chi connectivity index (χ3v) is 2.10. The average Bonchev–Trinajstić information content (AvgIpc) is 2.43. The quantitative estimate of drug-likeness (QED) is 0.640. The predicted molar refractivity (Wildman–Crippen MR) is 34.4 cm³/mol. The minimum absolute atomic E-state index is 0.140. The normalized spacial score (nSPS) is 38.2. The van der Waals surface area contributed by atoms with Gasteiger partial charge < -0.3 is 5.11 Å². The summed E-state index contributed by atoms with van der Waals surface area (Å²) in [6, 6.07) is 0. The van der Waals surface area contributed by atoms with E-state index in [1.165, 1.54) is 0 Å². The molecular formula is C7H11FO2. The number of alkyl halides is 1. The second-order valence-electron chi connectivity index (χ2n) is 3.22. The fourth-order valence-corrected chi connectivity index (χ4v) is 1.27. The van der Waals surface area contributed by atoms with Crippen LogP contribution in [0.25, 0.3) is 0 Å². The molecule has 2 atom stereocenters. The van der Waals surface area contributed by atoms with Crippen molar-refractivity contribution in [1.82, 2.24) is 0 Å². The van der Waals surface area contributed by atoms with Gasteiger partial charge in [-0.15, -0.1) is 0 Å². The largest absolute Gasteiger partial charge is 0.479 e. The Morgan fingerprint density at radius 3 is 2.40 bits per heavy atom. The monoisotopic (exact) mass is 146 g/mol. The van der Waals surface area contributed by atoms with Gasteiger partial charge in [-0.3, -0.25) is 0 Å². The Balaban J connectivity index is 2.56. The number of aliphatic carboxylic acids is 1. The highest BCUT2D eigenvalue weighted by Crippen LogP contribution is 2.51. The van der Waals surface area contributed by atoms with Crippen LogP contribution in [0.1, 0.15) is 20.3 Å². The molecule has 0 aromatic carbocycles. The summed E-state index contributed by atoms with van der Waals surface area (Å²) in [7, 11) is 0. The van der Waals surface area contributed by atoms with Gasteiger partial charge in [0.05, 0.1) is 0 Å².